The van der Waals surface area contributed by atoms with Crippen molar-refractivity contribution in [2.75, 3.05) is 39.3 Å². The Morgan fingerprint density at radius 2 is 1.81 bits per heavy atom. The fourth-order valence-electron chi connectivity index (χ4n) is 3.92. The summed E-state index contributed by atoms with van der Waals surface area (Å²) in [5.41, 5.74) is 3.68. The van der Waals surface area contributed by atoms with Gasteiger partial charge in [-0.3, -0.25) is 9.69 Å². The quantitative estimate of drug-likeness (QED) is 0.209. The van der Waals surface area contributed by atoms with Gasteiger partial charge in [-0.05, 0) is 49.1 Å². The summed E-state index contributed by atoms with van der Waals surface area (Å²) in [4.78, 5) is 26.0. The third kappa shape index (κ3) is 10.4. The van der Waals surface area contributed by atoms with Gasteiger partial charge >= 0.3 is 12.0 Å². The first-order chi connectivity index (χ1) is 17.9. The van der Waals surface area contributed by atoms with E-state index in [4.69, 9.17) is 14.2 Å². The standard InChI is InChI=1S/C30H44N2O5/c1-6-7-8-9-10-19-31-30(34)32(3)26-13-11-12-25(22-26)27-16-14-24(15-17-29(33)36-5)21-28(27)37-20-18-23(2)35-4/h11-14,16,21-23H,6-10,15,17-20H2,1-5H3,(H,31,34). The van der Waals surface area contributed by atoms with Crippen LogP contribution < -0.4 is 15.0 Å². The summed E-state index contributed by atoms with van der Waals surface area (Å²) >= 11 is 0. The maximum atomic E-state index is 12.7. The van der Waals surface area contributed by atoms with Crippen molar-refractivity contribution < 1.29 is 23.8 Å². The van der Waals surface area contributed by atoms with Crippen LogP contribution in [0.5, 0.6) is 5.75 Å². The molecule has 0 radical (unpaired) electrons. The van der Waals surface area contributed by atoms with Crippen molar-refractivity contribution in [3.63, 3.8) is 0 Å². The van der Waals surface area contributed by atoms with Crippen LogP contribution in [0, 0.1) is 0 Å². The molecule has 0 aliphatic carbocycles. The van der Waals surface area contributed by atoms with Gasteiger partial charge in [-0.2, -0.15) is 0 Å². The van der Waals surface area contributed by atoms with E-state index in [-0.39, 0.29) is 18.1 Å². The number of nitrogens with one attached hydrogen (secondary N) is 1. The Kier molecular flexibility index (Phi) is 13.6. The molecule has 37 heavy (non-hydrogen) atoms. The second-order valence-corrected chi connectivity index (χ2v) is 9.35. The van der Waals surface area contributed by atoms with E-state index in [0.29, 0.717) is 26.0 Å². The number of urea groups is 1. The van der Waals surface area contributed by atoms with Gasteiger partial charge in [0.15, 0.2) is 0 Å². The van der Waals surface area contributed by atoms with Gasteiger partial charge in [0.25, 0.3) is 0 Å². The summed E-state index contributed by atoms with van der Waals surface area (Å²) < 4.78 is 16.3. The predicted molar refractivity (Wildman–Crippen MR) is 149 cm³/mol. The topological polar surface area (TPSA) is 77.1 Å². The number of carbonyl (C=O) groups is 2. The zero-order valence-corrected chi connectivity index (χ0v) is 23.2. The van der Waals surface area contributed by atoms with Gasteiger partial charge < -0.3 is 19.5 Å². The van der Waals surface area contributed by atoms with Crippen LogP contribution >= 0.6 is 0 Å². The Morgan fingerprint density at radius 3 is 2.54 bits per heavy atom. The van der Waals surface area contributed by atoms with Crippen LogP contribution in [0.15, 0.2) is 42.5 Å². The van der Waals surface area contributed by atoms with Crippen LogP contribution in [0.1, 0.15) is 64.4 Å². The third-order valence-electron chi connectivity index (χ3n) is 6.48. The van der Waals surface area contributed by atoms with Crippen LogP contribution in [0.25, 0.3) is 11.1 Å². The van der Waals surface area contributed by atoms with Gasteiger partial charge in [-0.25, -0.2) is 4.79 Å². The average Bonchev–Trinajstić information content (AvgIpc) is 2.93. The minimum absolute atomic E-state index is 0.0908. The van der Waals surface area contributed by atoms with Crippen molar-refractivity contribution in [1.82, 2.24) is 5.32 Å². The van der Waals surface area contributed by atoms with E-state index in [1.807, 2.05) is 49.4 Å². The summed E-state index contributed by atoms with van der Waals surface area (Å²) in [5.74, 6) is 0.498. The molecule has 0 fully saturated rings. The zero-order chi connectivity index (χ0) is 27.0. The van der Waals surface area contributed by atoms with Crippen molar-refractivity contribution in [3.05, 3.63) is 48.0 Å². The van der Waals surface area contributed by atoms with E-state index in [2.05, 4.69) is 12.2 Å². The monoisotopic (exact) mass is 512 g/mol. The fraction of sp³-hybridized carbons (Fsp3) is 0.533. The Balaban J connectivity index is 2.16. The number of amides is 2. The van der Waals surface area contributed by atoms with E-state index < -0.39 is 0 Å². The van der Waals surface area contributed by atoms with Crippen molar-refractivity contribution in [3.8, 4) is 16.9 Å². The number of anilines is 1. The molecule has 2 aromatic carbocycles. The highest BCUT2D eigenvalue weighted by Crippen LogP contribution is 2.33. The molecule has 0 bridgehead atoms. The molecule has 0 aliphatic rings. The molecular formula is C30H44N2O5. The van der Waals surface area contributed by atoms with E-state index in [9.17, 15) is 9.59 Å². The predicted octanol–water partition coefficient (Wildman–Crippen LogP) is 6.38. The number of benzene rings is 2. The van der Waals surface area contributed by atoms with Gasteiger partial charge in [-0.15, -0.1) is 0 Å². The van der Waals surface area contributed by atoms with Crippen molar-refractivity contribution in [2.45, 2.75) is 71.3 Å². The van der Waals surface area contributed by atoms with Crippen LogP contribution in [0.3, 0.4) is 0 Å². The van der Waals surface area contributed by atoms with E-state index in [0.717, 1.165) is 47.4 Å². The zero-order valence-electron chi connectivity index (χ0n) is 23.2. The fourth-order valence-corrected chi connectivity index (χ4v) is 3.92. The highest BCUT2D eigenvalue weighted by molar-refractivity contribution is 5.92. The number of esters is 1. The molecule has 204 valence electrons. The number of ether oxygens (including phenoxy) is 3. The molecule has 0 aliphatic heterocycles. The molecule has 0 spiro atoms. The molecule has 1 N–H and O–H groups in total. The molecule has 2 aromatic rings. The highest BCUT2D eigenvalue weighted by Gasteiger charge is 2.14. The van der Waals surface area contributed by atoms with E-state index in [1.165, 1.54) is 26.4 Å². The van der Waals surface area contributed by atoms with Crippen LogP contribution in [-0.2, 0) is 20.7 Å². The van der Waals surface area contributed by atoms with Gasteiger partial charge in [-0.1, -0.05) is 56.9 Å². The SMILES string of the molecule is CCCCCCCNC(=O)N(C)c1cccc(-c2ccc(CCC(=O)OC)cc2OCCC(C)OC)c1. The third-order valence-corrected chi connectivity index (χ3v) is 6.48. The highest BCUT2D eigenvalue weighted by atomic mass is 16.5. The van der Waals surface area contributed by atoms with Gasteiger partial charge in [0.1, 0.15) is 5.75 Å². The summed E-state index contributed by atoms with van der Waals surface area (Å²) in [5, 5.41) is 3.02. The summed E-state index contributed by atoms with van der Waals surface area (Å²) in [6.45, 7) is 5.38. The molecule has 7 nitrogen and oxygen atoms in total. The lowest BCUT2D eigenvalue weighted by molar-refractivity contribution is -0.140. The Bertz CT molecular complexity index is 978. The lowest BCUT2D eigenvalue weighted by Crippen LogP contribution is -2.37. The first kappa shape index (κ1) is 30.2. The maximum Gasteiger partial charge on any atom is 0.321 e. The number of hydrogen-bond donors (Lipinski definition) is 1. The van der Waals surface area contributed by atoms with E-state index >= 15 is 0 Å². The van der Waals surface area contributed by atoms with Crippen LogP contribution in [-0.4, -0.2) is 52.5 Å². The molecule has 1 atom stereocenters. The summed E-state index contributed by atoms with van der Waals surface area (Å²) in [7, 11) is 4.87. The molecule has 1 unspecified atom stereocenters. The van der Waals surface area contributed by atoms with Crippen molar-refractivity contribution in [2.24, 2.45) is 0 Å². The number of carbonyl (C=O) groups excluding carboxylic acids is 2. The van der Waals surface area contributed by atoms with Gasteiger partial charge in [0.2, 0.25) is 0 Å². The van der Waals surface area contributed by atoms with Gasteiger partial charge in [0, 0.05) is 44.8 Å². The first-order valence-corrected chi connectivity index (χ1v) is 13.4. The Hall–Kier alpha value is -3.06. The second kappa shape index (κ2) is 16.6. The molecular weight excluding hydrogens is 468 g/mol. The summed E-state index contributed by atoms with van der Waals surface area (Å²) in [6.07, 6.45) is 7.50. The largest absolute Gasteiger partial charge is 0.493 e. The lowest BCUT2D eigenvalue weighted by Gasteiger charge is -2.20. The van der Waals surface area contributed by atoms with Crippen molar-refractivity contribution in [1.29, 1.82) is 0 Å². The van der Waals surface area contributed by atoms with E-state index in [1.54, 1.807) is 19.1 Å². The molecule has 2 rings (SSSR count). The summed E-state index contributed by atoms with van der Waals surface area (Å²) in [6, 6.07) is 13.8. The number of hydrogen-bond acceptors (Lipinski definition) is 5. The number of nitrogens with zero attached hydrogens (tertiary/aromatic N) is 1. The van der Waals surface area contributed by atoms with Crippen LogP contribution in [0.4, 0.5) is 10.5 Å². The number of aryl methyl sites for hydroxylation is 1. The number of rotatable bonds is 16. The van der Waals surface area contributed by atoms with Crippen LogP contribution in [0.2, 0.25) is 0 Å². The average molecular weight is 513 g/mol. The second-order valence-electron chi connectivity index (χ2n) is 9.35. The lowest BCUT2D eigenvalue weighted by atomic mass is 10.00. The minimum Gasteiger partial charge on any atom is -0.493 e. The Morgan fingerprint density at radius 1 is 1.03 bits per heavy atom. The molecule has 0 aromatic heterocycles. The molecule has 0 heterocycles. The smallest absolute Gasteiger partial charge is 0.321 e. The molecule has 2 amide bonds. The van der Waals surface area contributed by atoms with Crippen molar-refractivity contribution >= 4 is 17.7 Å². The number of methoxy groups -OCH3 is 2. The molecule has 0 saturated carbocycles. The molecule has 7 heteroatoms. The molecule has 0 saturated heterocycles. The first-order valence-electron chi connectivity index (χ1n) is 13.4. The van der Waals surface area contributed by atoms with Gasteiger partial charge in [0.05, 0.1) is 19.8 Å². The normalized spacial score (nSPS) is 11.6. The Labute approximate surface area is 222 Å². The number of unbranched alkanes of at least 4 members (excludes halogenated alkanes) is 4. The minimum atomic E-state index is -0.240. The maximum absolute atomic E-state index is 12.7.